The number of hydrogen-bond donors (Lipinski definition) is 1. The smallest absolute Gasteiger partial charge is 0.0346 e. The molecule has 0 bridgehead atoms. The van der Waals surface area contributed by atoms with Crippen LogP contribution in [0, 0.1) is 6.92 Å². The molecular formula is C15H25N3. The topological polar surface area (TPSA) is 32.5 Å². The van der Waals surface area contributed by atoms with Gasteiger partial charge in [0.05, 0.1) is 0 Å². The Labute approximate surface area is 111 Å². The quantitative estimate of drug-likeness (QED) is 0.827. The summed E-state index contributed by atoms with van der Waals surface area (Å²) in [4.78, 5) is 4.89. The van der Waals surface area contributed by atoms with Crippen molar-refractivity contribution in [3.05, 3.63) is 29.3 Å². The molecule has 0 radical (unpaired) electrons. The lowest BCUT2D eigenvalue weighted by Crippen LogP contribution is -2.36. The van der Waals surface area contributed by atoms with Crippen LogP contribution in [0.4, 0.5) is 5.69 Å². The van der Waals surface area contributed by atoms with Crippen LogP contribution >= 0.6 is 0 Å². The van der Waals surface area contributed by atoms with E-state index < -0.39 is 0 Å². The Hall–Kier alpha value is -1.06. The molecule has 3 nitrogen and oxygen atoms in total. The Balaban J connectivity index is 1.94. The van der Waals surface area contributed by atoms with Crippen molar-refractivity contribution in [3.8, 4) is 0 Å². The summed E-state index contributed by atoms with van der Waals surface area (Å²) in [5, 5.41) is 0. The molecule has 0 amide bonds. The fraction of sp³-hybridized carbons (Fsp3) is 0.600. The van der Waals surface area contributed by atoms with E-state index in [0.29, 0.717) is 0 Å². The average molecular weight is 247 g/mol. The molecule has 1 heterocycles. The second-order valence-corrected chi connectivity index (χ2v) is 5.60. The maximum Gasteiger partial charge on any atom is 0.0346 e. The van der Waals surface area contributed by atoms with E-state index in [1.807, 2.05) is 12.1 Å². The maximum atomic E-state index is 5.96. The molecule has 1 aromatic rings. The van der Waals surface area contributed by atoms with Crippen LogP contribution < -0.4 is 5.73 Å². The predicted octanol–water partition coefficient (Wildman–Crippen LogP) is 2.10. The lowest BCUT2D eigenvalue weighted by atomic mass is 10.1. The maximum absolute atomic E-state index is 5.96. The first-order chi connectivity index (χ1) is 8.58. The summed E-state index contributed by atoms with van der Waals surface area (Å²) in [6, 6.07) is 6.92. The number of benzene rings is 1. The highest BCUT2D eigenvalue weighted by Crippen LogP contribution is 2.19. The van der Waals surface area contributed by atoms with E-state index in [1.54, 1.807) is 0 Å². The largest absolute Gasteiger partial charge is 0.399 e. The fourth-order valence-corrected chi connectivity index (χ4v) is 2.80. The molecule has 1 atom stereocenters. The molecule has 2 rings (SSSR count). The number of anilines is 1. The fourth-order valence-electron chi connectivity index (χ4n) is 2.80. The molecule has 1 aliphatic rings. The highest BCUT2D eigenvalue weighted by atomic mass is 15.2. The number of hydrogen-bond acceptors (Lipinski definition) is 3. The van der Waals surface area contributed by atoms with Crippen molar-refractivity contribution < 1.29 is 0 Å². The summed E-state index contributed by atoms with van der Waals surface area (Å²) in [6.45, 7) is 5.49. The number of nitrogens with two attached hydrogens (primary N) is 1. The normalized spacial score (nSPS) is 20.8. The van der Waals surface area contributed by atoms with Crippen molar-refractivity contribution in [2.45, 2.75) is 32.4 Å². The van der Waals surface area contributed by atoms with Crippen molar-refractivity contribution in [2.24, 2.45) is 0 Å². The van der Waals surface area contributed by atoms with Crippen LogP contribution in [-0.2, 0) is 6.54 Å². The van der Waals surface area contributed by atoms with Crippen LogP contribution in [0.1, 0.15) is 24.0 Å². The highest BCUT2D eigenvalue weighted by molar-refractivity contribution is 5.49. The van der Waals surface area contributed by atoms with Crippen LogP contribution in [0.15, 0.2) is 18.2 Å². The van der Waals surface area contributed by atoms with Gasteiger partial charge in [0.2, 0.25) is 0 Å². The summed E-state index contributed by atoms with van der Waals surface area (Å²) in [6.07, 6.45) is 2.67. The number of nitrogen functional groups attached to an aromatic ring is 1. The Kier molecular flexibility index (Phi) is 4.25. The molecule has 1 aromatic carbocycles. The molecule has 1 fully saturated rings. The SMILES string of the molecule is Cc1c(N)cccc1CN(C)CC1CCCN1C. The zero-order valence-electron chi connectivity index (χ0n) is 11.8. The average Bonchev–Trinajstić information content (AvgIpc) is 2.71. The van der Waals surface area contributed by atoms with E-state index in [9.17, 15) is 0 Å². The van der Waals surface area contributed by atoms with E-state index in [4.69, 9.17) is 5.73 Å². The lowest BCUT2D eigenvalue weighted by Gasteiger charge is -2.26. The predicted molar refractivity (Wildman–Crippen MR) is 77.6 cm³/mol. The zero-order chi connectivity index (χ0) is 13.1. The van der Waals surface area contributed by atoms with E-state index in [0.717, 1.165) is 24.8 Å². The van der Waals surface area contributed by atoms with Gasteiger partial charge in [0, 0.05) is 24.8 Å². The van der Waals surface area contributed by atoms with Crippen molar-refractivity contribution in [1.82, 2.24) is 9.80 Å². The van der Waals surface area contributed by atoms with E-state index >= 15 is 0 Å². The summed E-state index contributed by atoms with van der Waals surface area (Å²) < 4.78 is 0. The summed E-state index contributed by atoms with van der Waals surface area (Å²) in [7, 11) is 4.44. The van der Waals surface area contributed by atoms with Gasteiger partial charge in [-0.3, -0.25) is 0 Å². The molecule has 18 heavy (non-hydrogen) atoms. The Morgan fingerprint density at radius 2 is 2.22 bits per heavy atom. The lowest BCUT2D eigenvalue weighted by molar-refractivity contribution is 0.215. The summed E-state index contributed by atoms with van der Waals surface area (Å²) >= 11 is 0. The van der Waals surface area contributed by atoms with Gasteiger partial charge in [-0.05, 0) is 57.6 Å². The van der Waals surface area contributed by atoms with Crippen LogP contribution in [0.5, 0.6) is 0 Å². The van der Waals surface area contributed by atoms with Gasteiger partial charge in [-0.2, -0.15) is 0 Å². The molecule has 1 aliphatic heterocycles. The Morgan fingerprint density at radius 1 is 1.44 bits per heavy atom. The van der Waals surface area contributed by atoms with Crippen LogP contribution in [-0.4, -0.2) is 43.0 Å². The van der Waals surface area contributed by atoms with Gasteiger partial charge in [0.25, 0.3) is 0 Å². The first-order valence-electron chi connectivity index (χ1n) is 6.80. The third kappa shape index (κ3) is 3.03. The Bertz CT molecular complexity index is 403. The molecular weight excluding hydrogens is 222 g/mol. The number of likely N-dealkylation sites (N-methyl/N-ethyl adjacent to an activating group) is 2. The standard InChI is InChI=1S/C15H25N3/c1-12-13(6-4-8-15(12)16)10-17(2)11-14-7-5-9-18(14)3/h4,6,8,14H,5,7,9-11,16H2,1-3H3. The third-order valence-corrected chi connectivity index (χ3v) is 4.12. The van der Waals surface area contributed by atoms with E-state index in [1.165, 1.54) is 30.5 Å². The first kappa shape index (κ1) is 13.4. The summed E-state index contributed by atoms with van der Waals surface area (Å²) in [5.41, 5.74) is 9.43. The van der Waals surface area contributed by atoms with Crippen LogP contribution in [0.3, 0.4) is 0 Å². The minimum absolute atomic E-state index is 0.719. The van der Waals surface area contributed by atoms with Gasteiger partial charge in [-0.1, -0.05) is 12.1 Å². The second kappa shape index (κ2) is 5.72. The summed E-state index contributed by atoms with van der Waals surface area (Å²) in [5.74, 6) is 0. The second-order valence-electron chi connectivity index (χ2n) is 5.60. The molecule has 1 unspecified atom stereocenters. The first-order valence-corrected chi connectivity index (χ1v) is 6.80. The van der Waals surface area contributed by atoms with Gasteiger partial charge in [-0.25, -0.2) is 0 Å². The molecule has 1 saturated heterocycles. The van der Waals surface area contributed by atoms with Gasteiger partial charge in [0.15, 0.2) is 0 Å². The zero-order valence-corrected chi connectivity index (χ0v) is 11.8. The van der Waals surface area contributed by atoms with Crippen LogP contribution in [0.2, 0.25) is 0 Å². The number of rotatable bonds is 4. The third-order valence-electron chi connectivity index (χ3n) is 4.12. The number of nitrogens with zero attached hydrogens (tertiary/aromatic N) is 2. The van der Waals surface area contributed by atoms with Gasteiger partial charge < -0.3 is 15.5 Å². The monoisotopic (exact) mass is 247 g/mol. The van der Waals surface area contributed by atoms with Crippen molar-refractivity contribution in [2.75, 3.05) is 32.9 Å². The van der Waals surface area contributed by atoms with Crippen molar-refractivity contribution >= 4 is 5.69 Å². The molecule has 0 aromatic heterocycles. The highest BCUT2D eigenvalue weighted by Gasteiger charge is 2.22. The molecule has 0 spiro atoms. The van der Waals surface area contributed by atoms with Crippen molar-refractivity contribution in [3.63, 3.8) is 0 Å². The molecule has 0 saturated carbocycles. The minimum Gasteiger partial charge on any atom is -0.399 e. The molecule has 2 N–H and O–H groups in total. The van der Waals surface area contributed by atoms with Crippen LogP contribution in [0.25, 0.3) is 0 Å². The van der Waals surface area contributed by atoms with Gasteiger partial charge in [0.1, 0.15) is 0 Å². The molecule has 0 aliphatic carbocycles. The van der Waals surface area contributed by atoms with Crippen molar-refractivity contribution in [1.29, 1.82) is 0 Å². The van der Waals surface area contributed by atoms with Gasteiger partial charge in [-0.15, -0.1) is 0 Å². The Morgan fingerprint density at radius 3 is 2.89 bits per heavy atom. The minimum atomic E-state index is 0.719. The van der Waals surface area contributed by atoms with E-state index in [2.05, 4.69) is 36.9 Å². The number of likely N-dealkylation sites (tertiary alicyclic amines) is 1. The van der Waals surface area contributed by atoms with Gasteiger partial charge >= 0.3 is 0 Å². The molecule has 100 valence electrons. The van der Waals surface area contributed by atoms with E-state index in [-0.39, 0.29) is 0 Å². The molecule has 3 heteroatoms.